The third-order valence-corrected chi connectivity index (χ3v) is 3.30. The van der Waals surface area contributed by atoms with Crippen molar-refractivity contribution in [3.63, 3.8) is 0 Å². The molecule has 1 aromatic heterocycles. The van der Waals surface area contributed by atoms with Crippen LogP contribution in [0.3, 0.4) is 0 Å². The molecule has 116 valence electrons. The van der Waals surface area contributed by atoms with Gasteiger partial charge in [-0.2, -0.15) is 0 Å². The van der Waals surface area contributed by atoms with Crippen LogP contribution in [-0.2, 0) is 0 Å². The van der Waals surface area contributed by atoms with Gasteiger partial charge >= 0.3 is 6.03 Å². The van der Waals surface area contributed by atoms with E-state index in [4.69, 9.17) is 4.52 Å². The van der Waals surface area contributed by atoms with E-state index in [0.717, 1.165) is 0 Å². The largest absolute Gasteiger partial charge is 0.359 e. The molecular formula is C16H19N3O3. The van der Waals surface area contributed by atoms with E-state index in [0.29, 0.717) is 22.7 Å². The van der Waals surface area contributed by atoms with E-state index >= 15 is 0 Å². The van der Waals surface area contributed by atoms with Gasteiger partial charge in [0.05, 0.1) is 5.54 Å². The Morgan fingerprint density at radius 2 is 1.77 bits per heavy atom. The van der Waals surface area contributed by atoms with Crippen molar-refractivity contribution in [1.29, 1.82) is 0 Å². The van der Waals surface area contributed by atoms with Crippen LogP contribution in [0.25, 0.3) is 0 Å². The lowest BCUT2D eigenvalue weighted by atomic mass is 9.93. The number of hydrogen-bond acceptors (Lipinski definition) is 4. The number of nitrogens with one attached hydrogen (secondary N) is 2. The molecule has 0 fully saturated rings. The second-order valence-electron chi connectivity index (χ2n) is 5.60. The number of hydrogen-bond donors (Lipinski definition) is 2. The summed E-state index contributed by atoms with van der Waals surface area (Å²) >= 11 is 0. The number of Topliss-reactive ketones (excluding diaryl/α,β-unsaturated/α-hetero) is 1. The standard InChI is InChI=1S/C16H19N3O3/c1-10-13(11(2)22-19-10)17-15(21)18-16(3,4)14(20)12-8-6-5-7-9-12/h5-9H,1-4H3,(H2,17,18,21). The van der Waals surface area contributed by atoms with Gasteiger partial charge in [0.2, 0.25) is 0 Å². The van der Waals surface area contributed by atoms with Gasteiger partial charge in [0.15, 0.2) is 11.5 Å². The van der Waals surface area contributed by atoms with Crippen LogP contribution >= 0.6 is 0 Å². The second kappa shape index (κ2) is 6.01. The molecule has 6 nitrogen and oxygen atoms in total. The molecule has 0 bridgehead atoms. The smallest absolute Gasteiger partial charge is 0.320 e. The van der Waals surface area contributed by atoms with E-state index in [9.17, 15) is 9.59 Å². The first-order valence-corrected chi connectivity index (χ1v) is 6.93. The van der Waals surface area contributed by atoms with Crippen LogP contribution in [0, 0.1) is 13.8 Å². The number of carbonyl (C=O) groups is 2. The average molecular weight is 301 g/mol. The third kappa shape index (κ3) is 3.33. The average Bonchev–Trinajstić information content (AvgIpc) is 2.78. The Bertz CT molecular complexity index is 670. The first-order valence-electron chi connectivity index (χ1n) is 6.93. The van der Waals surface area contributed by atoms with Crippen LogP contribution in [0.2, 0.25) is 0 Å². The summed E-state index contributed by atoms with van der Waals surface area (Å²) in [6, 6.07) is 8.36. The monoisotopic (exact) mass is 301 g/mol. The van der Waals surface area contributed by atoms with E-state index < -0.39 is 11.6 Å². The van der Waals surface area contributed by atoms with Gasteiger partial charge in [-0.15, -0.1) is 0 Å². The predicted octanol–water partition coefficient (Wildman–Crippen LogP) is 3.07. The van der Waals surface area contributed by atoms with Gasteiger partial charge in [0.25, 0.3) is 0 Å². The lowest BCUT2D eigenvalue weighted by Gasteiger charge is -2.25. The summed E-state index contributed by atoms with van der Waals surface area (Å²) < 4.78 is 4.98. The van der Waals surface area contributed by atoms with Gasteiger partial charge in [-0.05, 0) is 27.7 Å². The maximum Gasteiger partial charge on any atom is 0.320 e. The van der Waals surface area contributed by atoms with Crippen LogP contribution in [-0.4, -0.2) is 22.5 Å². The third-order valence-electron chi connectivity index (χ3n) is 3.30. The second-order valence-corrected chi connectivity index (χ2v) is 5.60. The molecule has 0 atom stereocenters. The van der Waals surface area contributed by atoms with Crippen molar-refractivity contribution in [3.05, 3.63) is 47.3 Å². The summed E-state index contributed by atoms with van der Waals surface area (Å²) in [5.74, 6) is 0.349. The predicted molar refractivity (Wildman–Crippen MR) is 83.0 cm³/mol. The van der Waals surface area contributed by atoms with Crippen LogP contribution in [0.15, 0.2) is 34.9 Å². The molecule has 0 saturated heterocycles. The van der Waals surface area contributed by atoms with Gasteiger partial charge in [-0.1, -0.05) is 35.5 Å². The van der Waals surface area contributed by atoms with Crippen molar-refractivity contribution < 1.29 is 14.1 Å². The van der Waals surface area contributed by atoms with Crippen molar-refractivity contribution in [2.24, 2.45) is 0 Å². The van der Waals surface area contributed by atoms with Crippen LogP contribution in [0.4, 0.5) is 10.5 Å². The van der Waals surface area contributed by atoms with Gasteiger partial charge in [-0.3, -0.25) is 4.79 Å². The molecule has 0 aliphatic rings. The Balaban J connectivity index is 2.08. The minimum Gasteiger partial charge on any atom is -0.359 e. The Hall–Kier alpha value is -2.63. The molecule has 0 saturated carbocycles. The SMILES string of the molecule is Cc1noc(C)c1NC(=O)NC(C)(C)C(=O)c1ccccc1. The van der Waals surface area contributed by atoms with Crippen LogP contribution in [0.5, 0.6) is 0 Å². The Morgan fingerprint density at radius 1 is 1.14 bits per heavy atom. The zero-order valence-corrected chi connectivity index (χ0v) is 13.1. The number of amides is 2. The molecule has 22 heavy (non-hydrogen) atoms. The molecule has 1 aromatic carbocycles. The number of aryl methyl sites for hydroxylation is 2. The fourth-order valence-electron chi connectivity index (χ4n) is 2.10. The summed E-state index contributed by atoms with van der Waals surface area (Å²) in [4.78, 5) is 24.6. The number of urea groups is 1. The molecular weight excluding hydrogens is 282 g/mol. The van der Waals surface area contributed by atoms with Crippen LogP contribution in [0.1, 0.15) is 35.7 Å². The molecule has 0 radical (unpaired) electrons. The number of nitrogens with zero attached hydrogens (tertiary/aromatic N) is 1. The van der Waals surface area contributed by atoms with Gasteiger partial charge in [-0.25, -0.2) is 4.79 Å². The lowest BCUT2D eigenvalue weighted by molar-refractivity contribution is 0.0890. The number of aromatic nitrogens is 1. The molecule has 2 N–H and O–H groups in total. The highest BCUT2D eigenvalue weighted by Gasteiger charge is 2.30. The highest BCUT2D eigenvalue weighted by molar-refractivity contribution is 6.05. The molecule has 1 heterocycles. The Morgan fingerprint density at radius 3 is 2.32 bits per heavy atom. The molecule has 2 rings (SSSR count). The molecule has 0 aliphatic heterocycles. The number of benzene rings is 1. The first kappa shape index (κ1) is 15.8. The van der Waals surface area contributed by atoms with Crippen molar-refractivity contribution in [2.75, 3.05) is 5.32 Å². The van der Waals surface area contributed by atoms with E-state index in [1.807, 2.05) is 6.07 Å². The zero-order valence-electron chi connectivity index (χ0n) is 13.1. The van der Waals surface area contributed by atoms with E-state index in [1.165, 1.54) is 0 Å². The molecule has 2 amide bonds. The fourth-order valence-corrected chi connectivity index (χ4v) is 2.10. The minimum atomic E-state index is -1.04. The maximum atomic E-state index is 12.5. The summed E-state index contributed by atoms with van der Waals surface area (Å²) in [6.45, 7) is 6.76. The molecule has 2 aromatic rings. The summed E-state index contributed by atoms with van der Waals surface area (Å²) in [7, 11) is 0. The van der Waals surface area contributed by atoms with Gasteiger partial charge < -0.3 is 15.2 Å². The van der Waals surface area contributed by atoms with Crippen LogP contribution < -0.4 is 10.6 Å². The van der Waals surface area contributed by atoms with Crippen molar-refractivity contribution >= 4 is 17.5 Å². The fraction of sp³-hybridized carbons (Fsp3) is 0.312. The number of rotatable bonds is 4. The quantitative estimate of drug-likeness (QED) is 0.850. The normalized spacial score (nSPS) is 11.1. The van der Waals surface area contributed by atoms with E-state index in [-0.39, 0.29) is 5.78 Å². The van der Waals surface area contributed by atoms with Gasteiger partial charge in [0, 0.05) is 5.56 Å². The summed E-state index contributed by atoms with van der Waals surface area (Å²) in [6.07, 6.45) is 0. The Kier molecular flexibility index (Phi) is 4.30. The zero-order chi connectivity index (χ0) is 16.3. The van der Waals surface area contributed by atoms with Crippen molar-refractivity contribution in [3.8, 4) is 0 Å². The van der Waals surface area contributed by atoms with Crippen molar-refractivity contribution in [1.82, 2.24) is 10.5 Å². The first-order chi connectivity index (χ1) is 10.3. The highest BCUT2D eigenvalue weighted by atomic mass is 16.5. The van der Waals surface area contributed by atoms with Crippen molar-refractivity contribution in [2.45, 2.75) is 33.2 Å². The van der Waals surface area contributed by atoms with E-state index in [2.05, 4.69) is 15.8 Å². The topological polar surface area (TPSA) is 84.2 Å². The number of ketones is 1. The van der Waals surface area contributed by atoms with E-state index in [1.54, 1.807) is 52.0 Å². The summed E-state index contributed by atoms with van der Waals surface area (Å²) in [5.41, 5.74) is 0.607. The molecule has 0 unspecified atom stereocenters. The number of carbonyl (C=O) groups excluding carboxylic acids is 2. The lowest BCUT2D eigenvalue weighted by Crippen LogP contribution is -2.51. The molecule has 0 aliphatic carbocycles. The maximum absolute atomic E-state index is 12.5. The Labute approximate surface area is 128 Å². The highest BCUT2D eigenvalue weighted by Crippen LogP contribution is 2.19. The molecule has 0 spiro atoms. The number of anilines is 1. The molecule has 6 heteroatoms. The minimum absolute atomic E-state index is 0.165. The summed E-state index contributed by atoms with van der Waals surface area (Å²) in [5, 5.41) is 9.10. The van der Waals surface area contributed by atoms with Gasteiger partial charge in [0.1, 0.15) is 11.4 Å².